The Bertz CT molecular complexity index is 289. The summed E-state index contributed by atoms with van der Waals surface area (Å²) in [6.07, 6.45) is 7.95. The summed E-state index contributed by atoms with van der Waals surface area (Å²) in [5.41, 5.74) is 5.75. The van der Waals surface area contributed by atoms with Crippen LogP contribution in [0.4, 0.5) is 0 Å². The average molecular weight is 254 g/mol. The van der Waals surface area contributed by atoms with Crippen LogP contribution in [0.25, 0.3) is 0 Å². The van der Waals surface area contributed by atoms with E-state index in [1.807, 2.05) is 11.9 Å². The van der Waals surface area contributed by atoms with Crippen molar-refractivity contribution in [3.8, 4) is 0 Å². The smallest absolute Gasteiger partial charge is 0.225 e. The first kappa shape index (κ1) is 13.8. The summed E-state index contributed by atoms with van der Waals surface area (Å²) in [4.78, 5) is 14.2. The predicted octanol–water partition coefficient (Wildman–Crippen LogP) is 1.67. The number of nitrogens with two attached hydrogens (primary N) is 1. The zero-order valence-electron chi connectivity index (χ0n) is 11.7. The normalized spacial score (nSPS) is 30.6. The summed E-state index contributed by atoms with van der Waals surface area (Å²) < 4.78 is 5.53. The molecule has 2 fully saturated rings. The SMILES string of the molecule is COC1(CC(=O)N(C)C2CCC(N)CC2)CCC1. The van der Waals surface area contributed by atoms with Crippen molar-refractivity contribution < 1.29 is 9.53 Å². The first-order valence-corrected chi connectivity index (χ1v) is 7.13. The van der Waals surface area contributed by atoms with Crippen LogP contribution in [0.15, 0.2) is 0 Å². The Kier molecular flexibility index (Phi) is 4.28. The van der Waals surface area contributed by atoms with E-state index in [1.54, 1.807) is 7.11 Å². The molecule has 2 aliphatic rings. The van der Waals surface area contributed by atoms with Crippen molar-refractivity contribution >= 4 is 5.91 Å². The fraction of sp³-hybridized carbons (Fsp3) is 0.929. The van der Waals surface area contributed by atoms with Gasteiger partial charge in [0, 0.05) is 26.2 Å². The maximum Gasteiger partial charge on any atom is 0.225 e. The van der Waals surface area contributed by atoms with Gasteiger partial charge in [-0.1, -0.05) is 0 Å². The second kappa shape index (κ2) is 5.57. The van der Waals surface area contributed by atoms with E-state index in [0.717, 1.165) is 38.5 Å². The lowest BCUT2D eigenvalue weighted by molar-refractivity contribution is -0.145. The van der Waals surface area contributed by atoms with E-state index in [1.165, 1.54) is 6.42 Å². The highest BCUT2D eigenvalue weighted by Gasteiger charge is 2.40. The van der Waals surface area contributed by atoms with Crippen LogP contribution in [0, 0.1) is 0 Å². The molecular formula is C14H26N2O2. The van der Waals surface area contributed by atoms with Crippen LogP contribution >= 0.6 is 0 Å². The van der Waals surface area contributed by atoms with E-state index >= 15 is 0 Å². The van der Waals surface area contributed by atoms with Gasteiger partial charge in [-0.2, -0.15) is 0 Å². The molecule has 0 aliphatic heterocycles. The standard InChI is InChI=1S/C14H26N2O2/c1-16(12-6-4-11(15)5-7-12)13(17)10-14(18-2)8-3-9-14/h11-12H,3-10,15H2,1-2H3. The van der Waals surface area contributed by atoms with Crippen LogP contribution in [-0.2, 0) is 9.53 Å². The lowest BCUT2D eigenvalue weighted by atomic mass is 9.77. The molecule has 4 nitrogen and oxygen atoms in total. The number of ether oxygens (including phenoxy) is 1. The van der Waals surface area contributed by atoms with Gasteiger partial charge in [-0.15, -0.1) is 0 Å². The van der Waals surface area contributed by atoms with Gasteiger partial charge < -0.3 is 15.4 Å². The quantitative estimate of drug-likeness (QED) is 0.830. The second-order valence-electron chi connectivity index (χ2n) is 5.99. The molecule has 0 unspecified atom stereocenters. The molecular weight excluding hydrogens is 228 g/mol. The molecule has 1 amide bonds. The van der Waals surface area contributed by atoms with Gasteiger partial charge in [0.05, 0.1) is 12.0 Å². The summed E-state index contributed by atoms with van der Waals surface area (Å²) in [6.45, 7) is 0. The summed E-state index contributed by atoms with van der Waals surface area (Å²) in [5.74, 6) is 0.233. The van der Waals surface area contributed by atoms with E-state index in [4.69, 9.17) is 10.5 Å². The van der Waals surface area contributed by atoms with E-state index < -0.39 is 0 Å². The van der Waals surface area contributed by atoms with Crippen LogP contribution in [0.2, 0.25) is 0 Å². The van der Waals surface area contributed by atoms with Crippen molar-refractivity contribution in [2.45, 2.75) is 69.1 Å². The Morgan fingerprint density at radius 2 is 1.94 bits per heavy atom. The minimum absolute atomic E-state index is 0.156. The monoisotopic (exact) mass is 254 g/mol. The first-order valence-electron chi connectivity index (χ1n) is 7.13. The molecule has 0 radical (unpaired) electrons. The van der Waals surface area contributed by atoms with Crippen LogP contribution < -0.4 is 5.73 Å². The molecule has 2 rings (SSSR count). The summed E-state index contributed by atoms with van der Waals surface area (Å²) in [7, 11) is 3.66. The molecule has 4 heteroatoms. The molecule has 2 aliphatic carbocycles. The molecule has 2 saturated carbocycles. The summed E-state index contributed by atoms with van der Waals surface area (Å²) in [5, 5.41) is 0. The minimum Gasteiger partial charge on any atom is -0.378 e. The zero-order valence-corrected chi connectivity index (χ0v) is 11.7. The molecule has 2 N–H and O–H groups in total. The number of methoxy groups -OCH3 is 1. The van der Waals surface area contributed by atoms with Crippen LogP contribution in [0.1, 0.15) is 51.4 Å². The van der Waals surface area contributed by atoms with Crippen molar-refractivity contribution in [2.24, 2.45) is 5.73 Å². The third kappa shape index (κ3) is 2.86. The molecule has 0 atom stereocenters. The average Bonchev–Trinajstić information content (AvgIpc) is 2.33. The maximum atomic E-state index is 12.3. The fourth-order valence-electron chi connectivity index (χ4n) is 3.12. The highest BCUT2D eigenvalue weighted by Crippen LogP contribution is 2.38. The van der Waals surface area contributed by atoms with Crippen molar-refractivity contribution in [2.75, 3.05) is 14.2 Å². The van der Waals surface area contributed by atoms with E-state index in [9.17, 15) is 4.79 Å². The van der Waals surface area contributed by atoms with Gasteiger partial charge >= 0.3 is 0 Å². The van der Waals surface area contributed by atoms with Crippen molar-refractivity contribution in [3.63, 3.8) is 0 Å². The Balaban J connectivity index is 1.84. The minimum atomic E-state index is -0.156. The number of hydrogen-bond donors (Lipinski definition) is 1. The van der Waals surface area contributed by atoms with Crippen LogP contribution in [-0.4, -0.2) is 42.6 Å². The molecule has 0 saturated heterocycles. The third-order valence-corrected chi connectivity index (χ3v) is 4.85. The summed E-state index contributed by atoms with van der Waals surface area (Å²) in [6, 6.07) is 0.716. The largest absolute Gasteiger partial charge is 0.378 e. The molecule has 0 bridgehead atoms. The maximum absolute atomic E-state index is 12.3. The van der Waals surface area contributed by atoms with Gasteiger partial charge in [0.15, 0.2) is 0 Å². The number of carbonyl (C=O) groups is 1. The lowest BCUT2D eigenvalue weighted by Gasteiger charge is -2.42. The van der Waals surface area contributed by atoms with Gasteiger partial charge in [-0.05, 0) is 44.9 Å². The Morgan fingerprint density at radius 1 is 1.33 bits per heavy atom. The number of nitrogens with zero attached hydrogens (tertiary/aromatic N) is 1. The molecule has 0 aromatic heterocycles. The highest BCUT2D eigenvalue weighted by molar-refractivity contribution is 5.77. The van der Waals surface area contributed by atoms with Gasteiger partial charge in [-0.3, -0.25) is 4.79 Å². The van der Waals surface area contributed by atoms with E-state index in [-0.39, 0.29) is 11.5 Å². The van der Waals surface area contributed by atoms with Crippen LogP contribution in [0.5, 0.6) is 0 Å². The first-order chi connectivity index (χ1) is 8.56. The van der Waals surface area contributed by atoms with Crippen molar-refractivity contribution in [1.82, 2.24) is 4.90 Å². The molecule has 0 aromatic carbocycles. The third-order valence-electron chi connectivity index (χ3n) is 4.85. The van der Waals surface area contributed by atoms with Crippen molar-refractivity contribution in [1.29, 1.82) is 0 Å². The molecule has 0 heterocycles. The fourth-order valence-corrected chi connectivity index (χ4v) is 3.12. The lowest BCUT2D eigenvalue weighted by Crippen LogP contribution is -2.47. The van der Waals surface area contributed by atoms with Gasteiger partial charge in [-0.25, -0.2) is 0 Å². The molecule has 104 valence electrons. The zero-order chi connectivity index (χ0) is 13.2. The van der Waals surface area contributed by atoms with Gasteiger partial charge in [0.2, 0.25) is 5.91 Å². The molecule has 18 heavy (non-hydrogen) atoms. The van der Waals surface area contributed by atoms with Gasteiger partial charge in [0.25, 0.3) is 0 Å². The van der Waals surface area contributed by atoms with Crippen LogP contribution in [0.3, 0.4) is 0 Å². The highest BCUT2D eigenvalue weighted by atomic mass is 16.5. The number of carbonyl (C=O) groups excluding carboxylic acids is 1. The predicted molar refractivity (Wildman–Crippen MR) is 71.2 cm³/mol. The van der Waals surface area contributed by atoms with E-state index in [0.29, 0.717) is 18.5 Å². The second-order valence-corrected chi connectivity index (χ2v) is 5.99. The topological polar surface area (TPSA) is 55.6 Å². The Hall–Kier alpha value is -0.610. The van der Waals surface area contributed by atoms with Gasteiger partial charge in [0.1, 0.15) is 0 Å². The number of rotatable bonds is 4. The number of amides is 1. The van der Waals surface area contributed by atoms with E-state index in [2.05, 4.69) is 0 Å². The molecule has 0 aromatic rings. The van der Waals surface area contributed by atoms with Crippen molar-refractivity contribution in [3.05, 3.63) is 0 Å². The Labute approximate surface area is 110 Å². The number of hydrogen-bond acceptors (Lipinski definition) is 3. The summed E-state index contributed by atoms with van der Waals surface area (Å²) >= 11 is 0. The Morgan fingerprint density at radius 3 is 2.39 bits per heavy atom. The molecule has 0 spiro atoms.